The van der Waals surface area contributed by atoms with Gasteiger partial charge in [0.25, 0.3) is 0 Å². The van der Waals surface area contributed by atoms with Crippen LogP contribution in [-0.2, 0) is 16.4 Å². The third-order valence-electron chi connectivity index (χ3n) is 2.94. The van der Waals surface area contributed by atoms with Crippen LogP contribution in [0.4, 0.5) is 14.5 Å². The van der Waals surface area contributed by atoms with Crippen LogP contribution in [0.5, 0.6) is 0 Å². The third-order valence-corrected chi connectivity index (χ3v) is 3.85. The zero-order chi connectivity index (χ0) is 15.5. The molecule has 0 heterocycles. The first kappa shape index (κ1) is 15.4. The summed E-state index contributed by atoms with van der Waals surface area (Å²) in [5.74, 6) is -1.04. The van der Waals surface area contributed by atoms with Gasteiger partial charge in [0, 0.05) is 6.54 Å². The second kappa shape index (κ2) is 6.19. The number of hydrogen-bond acceptors (Lipinski definition) is 3. The number of nitrogens with two attached hydrogens (primary N) is 1. The van der Waals surface area contributed by atoms with Crippen LogP contribution in [0.1, 0.15) is 5.56 Å². The largest absolute Gasteiger partial charge is 0.382 e. The summed E-state index contributed by atoms with van der Waals surface area (Å²) >= 11 is 0. The SMILES string of the molecule is NS(=O)(=O)c1ccc(NCCc2ccccc2F)c(F)c1. The molecule has 3 N–H and O–H groups in total. The highest BCUT2D eigenvalue weighted by molar-refractivity contribution is 7.89. The van der Waals surface area contributed by atoms with Crippen molar-refractivity contribution >= 4 is 15.7 Å². The van der Waals surface area contributed by atoms with E-state index in [0.717, 1.165) is 6.07 Å². The van der Waals surface area contributed by atoms with Gasteiger partial charge in [0.05, 0.1) is 10.6 Å². The average molecular weight is 312 g/mol. The van der Waals surface area contributed by atoms with Crippen molar-refractivity contribution in [2.75, 3.05) is 11.9 Å². The van der Waals surface area contributed by atoms with Gasteiger partial charge in [0.2, 0.25) is 10.0 Å². The molecule has 0 saturated heterocycles. The molecule has 0 aliphatic carbocycles. The first-order valence-electron chi connectivity index (χ1n) is 6.17. The van der Waals surface area contributed by atoms with Gasteiger partial charge in [-0.1, -0.05) is 18.2 Å². The Balaban J connectivity index is 2.03. The lowest BCUT2D eigenvalue weighted by Crippen LogP contribution is -2.13. The van der Waals surface area contributed by atoms with E-state index in [1.807, 2.05) is 0 Å². The minimum absolute atomic E-state index is 0.138. The summed E-state index contributed by atoms with van der Waals surface area (Å²) in [6.45, 7) is 0.312. The summed E-state index contributed by atoms with van der Waals surface area (Å²) in [6, 6.07) is 9.67. The summed E-state index contributed by atoms with van der Waals surface area (Å²) in [4.78, 5) is -0.292. The van der Waals surface area contributed by atoms with E-state index in [0.29, 0.717) is 18.5 Å². The molecule has 0 aliphatic heterocycles. The van der Waals surface area contributed by atoms with Crippen molar-refractivity contribution < 1.29 is 17.2 Å². The van der Waals surface area contributed by atoms with Gasteiger partial charge >= 0.3 is 0 Å². The maximum Gasteiger partial charge on any atom is 0.238 e. The molecule has 21 heavy (non-hydrogen) atoms. The van der Waals surface area contributed by atoms with Crippen LogP contribution in [0, 0.1) is 11.6 Å². The Morgan fingerprint density at radius 2 is 1.76 bits per heavy atom. The highest BCUT2D eigenvalue weighted by Gasteiger charge is 2.11. The Morgan fingerprint density at radius 1 is 1.05 bits per heavy atom. The molecule has 0 radical (unpaired) electrons. The Labute approximate surface area is 121 Å². The molecule has 0 fully saturated rings. The van der Waals surface area contributed by atoms with Crippen molar-refractivity contribution in [1.29, 1.82) is 0 Å². The Kier molecular flexibility index (Phi) is 4.54. The second-order valence-electron chi connectivity index (χ2n) is 4.45. The van der Waals surface area contributed by atoms with E-state index in [1.54, 1.807) is 18.2 Å². The second-order valence-corrected chi connectivity index (χ2v) is 6.02. The summed E-state index contributed by atoms with van der Waals surface area (Å²) in [6.07, 6.45) is 0.378. The van der Waals surface area contributed by atoms with Gasteiger partial charge in [-0.05, 0) is 36.2 Å². The Hall–Kier alpha value is -1.99. The number of primary sulfonamides is 1. The van der Waals surface area contributed by atoms with Crippen molar-refractivity contribution in [1.82, 2.24) is 0 Å². The van der Waals surface area contributed by atoms with Gasteiger partial charge in [-0.15, -0.1) is 0 Å². The molecule has 0 bridgehead atoms. The topological polar surface area (TPSA) is 72.2 Å². The number of nitrogens with one attached hydrogen (secondary N) is 1. The van der Waals surface area contributed by atoms with Gasteiger partial charge in [-0.25, -0.2) is 22.3 Å². The Bertz CT molecular complexity index is 748. The third kappa shape index (κ3) is 3.99. The number of anilines is 1. The molecule has 2 aromatic rings. The van der Waals surface area contributed by atoms with Gasteiger partial charge < -0.3 is 5.32 Å². The van der Waals surface area contributed by atoms with Crippen LogP contribution in [0.3, 0.4) is 0 Å². The number of rotatable bonds is 5. The summed E-state index contributed by atoms with van der Waals surface area (Å²) in [7, 11) is -3.93. The van der Waals surface area contributed by atoms with Crippen molar-refractivity contribution in [3.8, 4) is 0 Å². The molecule has 0 aliphatic rings. The molecular weight excluding hydrogens is 298 g/mol. The van der Waals surface area contributed by atoms with Gasteiger partial charge in [-0.3, -0.25) is 0 Å². The molecule has 0 aromatic heterocycles. The molecule has 2 rings (SSSR count). The van der Waals surface area contributed by atoms with Gasteiger partial charge in [-0.2, -0.15) is 0 Å². The normalized spacial score (nSPS) is 11.4. The van der Waals surface area contributed by atoms with E-state index in [2.05, 4.69) is 5.32 Å². The minimum Gasteiger partial charge on any atom is -0.382 e. The van der Waals surface area contributed by atoms with Crippen molar-refractivity contribution in [3.63, 3.8) is 0 Å². The Morgan fingerprint density at radius 3 is 2.38 bits per heavy atom. The predicted molar refractivity (Wildman–Crippen MR) is 76.4 cm³/mol. The quantitative estimate of drug-likeness (QED) is 0.889. The zero-order valence-corrected chi connectivity index (χ0v) is 11.8. The van der Waals surface area contributed by atoms with E-state index in [9.17, 15) is 17.2 Å². The van der Waals surface area contributed by atoms with E-state index in [-0.39, 0.29) is 16.4 Å². The monoisotopic (exact) mass is 312 g/mol. The molecule has 7 heteroatoms. The minimum atomic E-state index is -3.93. The van der Waals surface area contributed by atoms with Crippen LogP contribution in [-0.4, -0.2) is 15.0 Å². The molecule has 4 nitrogen and oxygen atoms in total. The highest BCUT2D eigenvalue weighted by atomic mass is 32.2. The number of benzene rings is 2. The lowest BCUT2D eigenvalue weighted by Gasteiger charge is -2.09. The highest BCUT2D eigenvalue weighted by Crippen LogP contribution is 2.18. The zero-order valence-electron chi connectivity index (χ0n) is 11.0. The summed E-state index contributed by atoms with van der Waals surface area (Å²) in [5.41, 5.74) is 0.658. The van der Waals surface area contributed by atoms with E-state index < -0.39 is 15.8 Å². The van der Waals surface area contributed by atoms with E-state index >= 15 is 0 Å². The van der Waals surface area contributed by atoms with Crippen LogP contribution < -0.4 is 10.5 Å². The predicted octanol–water partition coefficient (Wildman–Crippen LogP) is 2.27. The van der Waals surface area contributed by atoms with Crippen LogP contribution in [0.2, 0.25) is 0 Å². The van der Waals surface area contributed by atoms with E-state index in [1.165, 1.54) is 18.2 Å². The lowest BCUT2D eigenvalue weighted by molar-refractivity contribution is 0.592. The maximum absolute atomic E-state index is 13.7. The fourth-order valence-electron chi connectivity index (χ4n) is 1.85. The first-order chi connectivity index (χ1) is 9.88. The van der Waals surface area contributed by atoms with Gasteiger partial charge in [0.15, 0.2) is 0 Å². The van der Waals surface area contributed by atoms with E-state index in [4.69, 9.17) is 5.14 Å². The molecule has 0 spiro atoms. The first-order valence-corrected chi connectivity index (χ1v) is 7.72. The molecular formula is C14H14F2N2O2S. The number of sulfonamides is 1. The summed E-state index contributed by atoms with van der Waals surface area (Å²) < 4.78 is 49.3. The molecule has 2 aromatic carbocycles. The molecule has 112 valence electrons. The van der Waals surface area contributed by atoms with Crippen LogP contribution in [0.25, 0.3) is 0 Å². The number of hydrogen-bond donors (Lipinski definition) is 2. The standard InChI is InChI=1S/C14H14F2N2O2S/c15-12-4-2-1-3-10(12)7-8-18-14-6-5-11(9-13(14)16)21(17,19)20/h1-6,9,18H,7-8H2,(H2,17,19,20). The molecule has 0 amide bonds. The fourth-order valence-corrected chi connectivity index (χ4v) is 2.37. The maximum atomic E-state index is 13.7. The van der Waals surface area contributed by atoms with Gasteiger partial charge in [0.1, 0.15) is 11.6 Å². The molecule has 0 unspecified atom stereocenters. The van der Waals surface area contributed by atoms with Crippen LogP contribution >= 0.6 is 0 Å². The smallest absolute Gasteiger partial charge is 0.238 e. The lowest BCUT2D eigenvalue weighted by atomic mass is 10.1. The molecule has 0 saturated carbocycles. The number of halogens is 2. The summed E-state index contributed by atoms with van der Waals surface area (Å²) in [5, 5.41) is 7.70. The fraction of sp³-hybridized carbons (Fsp3) is 0.143. The average Bonchev–Trinajstić information content (AvgIpc) is 2.41. The van der Waals surface area contributed by atoms with Crippen molar-refractivity contribution in [2.24, 2.45) is 5.14 Å². The van der Waals surface area contributed by atoms with Crippen LogP contribution in [0.15, 0.2) is 47.4 Å². The molecule has 0 atom stereocenters. The van der Waals surface area contributed by atoms with Crippen molar-refractivity contribution in [2.45, 2.75) is 11.3 Å². The van der Waals surface area contributed by atoms with Crippen molar-refractivity contribution in [3.05, 3.63) is 59.7 Å².